The van der Waals surface area contributed by atoms with Gasteiger partial charge in [0.05, 0.1) is 11.1 Å². The first-order chi connectivity index (χ1) is 9.15. The second kappa shape index (κ2) is 4.53. The van der Waals surface area contributed by atoms with E-state index in [4.69, 9.17) is 11.6 Å². The van der Waals surface area contributed by atoms with E-state index in [0.717, 1.165) is 30.2 Å². The predicted molar refractivity (Wildman–Crippen MR) is 75.5 cm³/mol. The number of nitrogens with zero attached hydrogens (tertiary/aromatic N) is 2. The molecule has 0 spiro atoms. The Balaban J connectivity index is 1.94. The Bertz CT molecular complexity index is 625. The van der Waals surface area contributed by atoms with E-state index < -0.39 is 0 Å². The van der Waals surface area contributed by atoms with Gasteiger partial charge in [0.2, 0.25) is 0 Å². The third kappa shape index (κ3) is 2.00. The first-order valence-corrected chi connectivity index (χ1v) is 6.99. The largest absolute Gasteiger partial charge is 0.344 e. The van der Waals surface area contributed by atoms with Crippen LogP contribution in [0.1, 0.15) is 29.8 Å². The summed E-state index contributed by atoms with van der Waals surface area (Å²) in [6.07, 6.45) is 3.02. The number of carbonyl (C=O) groups is 1. The van der Waals surface area contributed by atoms with Crippen LogP contribution in [-0.4, -0.2) is 27.1 Å². The molecule has 0 unspecified atom stereocenters. The fourth-order valence-electron chi connectivity index (χ4n) is 2.58. The SMILES string of the molecule is Cn1nc(C(=O)NC2(CCl)CCC2)c2ccccc21. The van der Waals surface area contributed by atoms with E-state index in [1.807, 2.05) is 31.3 Å². The third-order valence-corrected chi connectivity index (χ3v) is 4.43. The van der Waals surface area contributed by atoms with Gasteiger partial charge in [0, 0.05) is 18.3 Å². The maximum absolute atomic E-state index is 12.4. The second-order valence-corrected chi connectivity index (χ2v) is 5.48. The number of para-hydroxylation sites is 1. The number of hydrogen-bond acceptors (Lipinski definition) is 2. The minimum Gasteiger partial charge on any atom is -0.344 e. The topological polar surface area (TPSA) is 46.9 Å². The van der Waals surface area contributed by atoms with Crippen LogP contribution in [-0.2, 0) is 7.05 Å². The Hall–Kier alpha value is -1.55. The molecule has 1 saturated carbocycles. The highest BCUT2D eigenvalue weighted by atomic mass is 35.5. The summed E-state index contributed by atoms with van der Waals surface area (Å²) in [5, 5.41) is 8.26. The molecular formula is C14H16ClN3O. The fourth-order valence-corrected chi connectivity index (χ4v) is 2.91. The van der Waals surface area contributed by atoms with Gasteiger partial charge in [-0.1, -0.05) is 18.2 Å². The number of nitrogens with one attached hydrogen (secondary N) is 1. The van der Waals surface area contributed by atoms with Crippen molar-refractivity contribution in [1.29, 1.82) is 0 Å². The molecule has 0 atom stereocenters. The standard InChI is InChI=1S/C14H16ClN3O/c1-18-11-6-3-2-5-10(11)12(17-18)13(19)16-14(9-15)7-4-8-14/h2-3,5-6H,4,7-9H2,1H3,(H,16,19). The molecule has 0 bridgehead atoms. The van der Waals surface area contributed by atoms with Gasteiger partial charge in [-0.15, -0.1) is 11.6 Å². The highest BCUT2D eigenvalue weighted by Gasteiger charge is 2.38. The molecule has 5 heteroatoms. The highest BCUT2D eigenvalue weighted by Crippen LogP contribution is 2.33. The van der Waals surface area contributed by atoms with Gasteiger partial charge in [-0.05, 0) is 25.3 Å². The van der Waals surface area contributed by atoms with Crippen LogP contribution in [0, 0.1) is 0 Å². The molecule has 100 valence electrons. The molecule has 2 aromatic rings. The van der Waals surface area contributed by atoms with Crippen LogP contribution >= 0.6 is 11.6 Å². The summed E-state index contributed by atoms with van der Waals surface area (Å²) in [6, 6.07) is 7.74. The Morgan fingerprint density at radius 2 is 2.21 bits per heavy atom. The Kier molecular flexibility index (Phi) is 2.97. The molecule has 0 aliphatic heterocycles. The van der Waals surface area contributed by atoms with Crippen LogP contribution in [0.3, 0.4) is 0 Å². The van der Waals surface area contributed by atoms with Gasteiger partial charge in [0.25, 0.3) is 5.91 Å². The maximum atomic E-state index is 12.4. The van der Waals surface area contributed by atoms with Crippen molar-refractivity contribution in [2.75, 3.05) is 5.88 Å². The van der Waals surface area contributed by atoms with Crippen LogP contribution < -0.4 is 5.32 Å². The van der Waals surface area contributed by atoms with Gasteiger partial charge >= 0.3 is 0 Å². The van der Waals surface area contributed by atoms with E-state index in [9.17, 15) is 4.79 Å². The summed E-state index contributed by atoms with van der Waals surface area (Å²) in [5.74, 6) is 0.334. The number of benzene rings is 1. The van der Waals surface area contributed by atoms with Gasteiger partial charge in [-0.25, -0.2) is 0 Å². The molecule has 4 nitrogen and oxygen atoms in total. The predicted octanol–water partition coefficient (Wildman–Crippen LogP) is 2.46. The summed E-state index contributed by atoms with van der Waals surface area (Å²) in [7, 11) is 1.85. The van der Waals surface area contributed by atoms with Gasteiger partial charge in [0.15, 0.2) is 5.69 Å². The highest BCUT2D eigenvalue weighted by molar-refractivity contribution is 6.19. The fraction of sp³-hybridized carbons (Fsp3) is 0.429. The molecule has 1 N–H and O–H groups in total. The molecule has 19 heavy (non-hydrogen) atoms. The second-order valence-electron chi connectivity index (χ2n) is 5.21. The van der Waals surface area contributed by atoms with Gasteiger partial charge < -0.3 is 5.32 Å². The Morgan fingerprint density at radius 3 is 2.84 bits per heavy atom. The van der Waals surface area contributed by atoms with Crippen molar-refractivity contribution in [1.82, 2.24) is 15.1 Å². The third-order valence-electron chi connectivity index (χ3n) is 3.92. The lowest BCUT2D eigenvalue weighted by Crippen LogP contribution is -2.55. The summed E-state index contributed by atoms with van der Waals surface area (Å²) in [4.78, 5) is 12.4. The van der Waals surface area contributed by atoms with Crippen molar-refractivity contribution in [2.24, 2.45) is 7.05 Å². The van der Waals surface area contributed by atoms with Gasteiger partial charge in [0.1, 0.15) is 0 Å². The van der Waals surface area contributed by atoms with Crippen LogP contribution in [0.5, 0.6) is 0 Å². The molecule has 1 aromatic heterocycles. The molecule has 1 aliphatic rings. The molecule has 0 radical (unpaired) electrons. The lowest BCUT2D eigenvalue weighted by molar-refractivity contribution is 0.0849. The van der Waals surface area contributed by atoms with E-state index in [-0.39, 0.29) is 11.4 Å². The zero-order chi connectivity index (χ0) is 13.5. The number of aryl methyl sites for hydroxylation is 1. The molecule has 0 saturated heterocycles. The average molecular weight is 278 g/mol. The summed E-state index contributed by atoms with van der Waals surface area (Å²) in [5.41, 5.74) is 1.22. The quantitative estimate of drug-likeness (QED) is 0.876. The van der Waals surface area contributed by atoms with Crippen LogP contribution in [0.4, 0.5) is 0 Å². The molecule has 1 amide bonds. The number of halogens is 1. The average Bonchev–Trinajstić information content (AvgIpc) is 2.72. The summed E-state index contributed by atoms with van der Waals surface area (Å²) >= 11 is 5.97. The maximum Gasteiger partial charge on any atom is 0.272 e. The first-order valence-electron chi connectivity index (χ1n) is 6.45. The summed E-state index contributed by atoms with van der Waals surface area (Å²) < 4.78 is 1.73. The monoisotopic (exact) mass is 277 g/mol. The number of hydrogen-bond donors (Lipinski definition) is 1. The number of amides is 1. The van der Waals surface area contributed by atoms with Crippen LogP contribution in [0.25, 0.3) is 10.9 Å². The van der Waals surface area contributed by atoms with Crippen molar-refractivity contribution in [2.45, 2.75) is 24.8 Å². The van der Waals surface area contributed by atoms with Gasteiger partial charge in [-0.3, -0.25) is 9.48 Å². The van der Waals surface area contributed by atoms with Crippen molar-refractivity contribution < 1.29 is 4.79 Å². The minimum atomic E-state index is -0.225. The molecule has 1 heterocycles. The number of aromatic nitrogens is 2. The van der Waals surface area contributed by atoms with Crippen molar-refractivity contribution in [3.8, 4) is 0 Å². The smallest absolute Gasteiger partial charge is 0.272 e. The van der Waals surface area contributed by atoms with E-state index in [1.165, 1.54) is 0 Å². The Morgan fingerprint density at radius 1 is 1.47 bits per heavy atom. The molecule has 1 fully saturated rings. The van der Waals surface area contributed by atoms with Crippen molar-refractivity contribution >= 4 is 28.4 Å². The lowest BCUT2D eigenvalue weighted by Gasteiger charge is -2.40. The Labute approximate surface area is 116 Å². The summed E-state index contributed by atoms with van der Waals surface area (Å²) in [6.45, 7) is 0. The number of carbonyl (C=O) groups excluding carboxylic acids is 1. The van der Waals surface area contributed by atoms with E-state index in [0.29, 0.717) is 11.6 Å². The van der Waals surface area contributed by atoms with Crippen molar-refractivity contribution in [3.63, 3.8) is 0 Å². The van der Waals surface area contributed by atoms with Crippen molar-refractivity contribution in [3.05, 3.63) is 30.0 Å². The zero-order valence-corrected chi connectivity index (χ0v) is 11.6. The molecular weight excluding hydrogens is 262 g/mol. The van der Waals surface area contributed by atoms with Crippen LogP contribution in [0.15, 0.2) is 24.3 Å². The number of alkyl halides is 1. The normalized spacial score (nSPS) is 17.2. The van der Waals surface area contributed by atoms with E-state index in [1.54, 1.807) is 4.68 Å². The lowest BCUT2D eigenvalue weighted by atomic mass is 9.78. The molecule has 1 aliphatic carbocycles. The number of rotatable bonds is 3. The molecule has 3 rings (SSSR count). The zero-order valence-electron chi connectivity index (χ0n) is 10.8. The van der Waals surface area contributed by atoms with E-state index >= 15 is 0 Å². The van der Waals surface area contributed by atoms with E-state index in [2.05, 4.69) is 10.4 Å². The molecule has 1 aromatic carbocycles. The van der Waals surface area contributed by atoms with Gasteiger partial charge in [-0.2, -0.15) is 5.10 Å². The first kappa shape index (κ1) is 12.5. The van der Waals surface area contributed by atoms with Crippen LogP contribution in [0.2, 0.25) is 0 Å². The minimum absolute atomic E-state index is 0.128. The number of fused-ring (bicyclic) bond motifs is 1.